The number of fused-ring (bicyclic) bond motifs is 2. The number of thiol groups is 1. The Kier molecular flexibility index (Phi) is 8.64. The van der Waals surface area contributed by atoms with Crippen molar-refractivity contribution in [2.24, 2.45) is 4.30 Å². The number of nitrogens with two attached hydrogens (primary N) is 2. The van der Waals surface area contributed by atoms with Crippen molar-refractivity contribution in [3.05, 3.63) is 81.2 Å². The Morgan fingerprint density at radius 2 is 1.25 bits per heavy atom. The molecular weight excluding hydrogens is 476 g/mol. The van der Waals surface area contributed by atoms with Gasteiger partial charge in [-0.25, -0.2) is 0 Å². The molecule has 3 nitrogen and oxygen atoms in total. The van der Waals surface area contributed by atoms with Gasteiger partial charge in [-0.1, -0.05) is 71.7 Å². The molecule has 0 aromatic heterocycles. The van der Waals surface area contributed by atoms with E-state index in [1.165, 1.54) is 0 Å². The molecule has 28 heavy (non-hydrogen) atoms. The van der Waals surface area contributed by atoms with E-state index in [9.17, 15) is 0 Å². The van der Waals surface area contributed by atoms with Gasteiger partial charge in [0.05, 0.1) is 5.69 Å². The van der Waals surface area contributed by atoms with E-state index < -0.39 is 0 Å². The van der Waals surface area contributed by atoms with Crippen LogP contribution in [0, 0.1) is 0 Å². The second-order valence-electron chi connectivity index (χ2n) is 5.60. The van der Waals surface area contributed by atoms with Gasteiger partial charge in [0.15, 0.2) is 0 Å². The van der Waals surface area contributed by atoms with Crippen molar-refractivity contribution in [2.75, 3.05) is 11.5 Å². The Morgan fingerprint density at radius 3 is 1.79 bits per heavy atom. The first kappa shape index (κ1) is 22.6. The average Bonchev–Trinajstić information content (AvgIpc) is 2.70. The van der Waals surface area contributed by atoms with Crippen molar-refractivity contribution in [1.29, 1.82) is 0 Å². The van der Waals surface area contributed by atoms with Gasteiger partial charge < -0.3 is 11.5 Å². The van der Waals surface area contributed by atoms with Gasteiger partial charge in [0.1, 0.15) is 0 Å². The van der Waals surface area contributed by atoms with Gasteiger partial charge >= 0.3 is 24.8 Å². The van der Waals surface area contributed by atoms with E-state index in [-0.39, 0.29) is 0 Å². The van der Waals surface area contributed by atoms with Crippen LogP contribution in [0.25, 0.3) is 21.5 Å². The van der Waals surface area contributed by atoms with E-state index >= 15 is 0 Å². The maximum absolute atomic E-state index is 6.05. The molecule has 0 saturated heterocycles. The summed E-state index contributed by atoms with van der Waals surface area (Å²) in [5.74, 6) is 0. The van der Waals surface area contributed by atoms with Crippen molar-refractivity contribution in [3.63, 3.8) is 0 Å². The van der Waals surface area contributed by atoms with Crippen LogP contribution in [0.2, 0.25) is 10.0 Å². The van der Waals surface area contributed by atoms with Gasteiger partial charge in [0, 0.05) is 41.8 Å². The predicted octanol–water partition coefficient (Wildman–Crippen LogP) is 7.10. The molecule has 0 heterocycles. The first-order valence-electron chi connectivity index (χ1n) is 8.00. The number of anilines is 2. The summed E-state index contributed by atoms with van der Waals surface area (Å²) >= 11 is 18.6. The standard InChI is InChI=1S/C10H7BrClN.C10H8ClN.BHNS/c11-8-5-9(12)6-3-1-2-4-7(6)10(8)13;11-9-5-6-10(12)8-4-2-1-3-7(8)9;1-2-3/h1-5H,13H2;1-6H,12H2;3H. The number of benzene rings is 4. The first-order valence-corrected chi connectivity index (χ1v) is 9.94. The first-order chi connectivity index (χ1) is 13.4. The normalized spacial score (nSPS) is 9.82. The fraction of sp³-hybridized carbons (Fsp3) is 0. The zero-order valence-electron chi connectivity index (χ0n) is 14.6. The Labute approximate surface area is 188 Å². The average molecular weight is 492 g/mol. The van der Waals surface area contributed by atoms with E-state index in [1.807, 2.05) is 66.7 Å². The molecule has 8 heteroatoms. The van der Waals surface area contributed by atoms with Crippen molar-refractivity contribution >= 4 is 92.5 Å². The Morgan fingerprint density at radius 1 is 0.786 bits per heavy atom. The van der Waals surface area contributed by atoms with Crippen LogP contribution in [0.4, 0.5) is 11.4 Å². The number of rotatable bonds is 0. The summed E-state index contributed by atoms with van der Waals surface area (Å²) in [5.41, 5.74) is 13.2. The van der Waals surface area contributed by atoms with E-state index in [1.54, 1.807) is 0 Å². The number of hydrogen-bond donors (Lipinski definition) is 3. The zero-order chi connectivity index (χ0) is 20.7. The van der Waals surface area contributed by atoms with Crippen LogP contribution in [0.3, 0.4) is 0 Å². The van der Waals surface area contributed by atoms with E-state index in [0.717, 1.165) is 47.4 Å². The van der Waals surface area contributed by atoms with Crippen LogP contribution in [0.1, 0.15) is 0 Å². The molecule has 0 aliphatic heterocycles. The molecule has 4 N–H and O–H groups in total. The van der Waals surface area contributed by atoms with Crippen LogP contribution < -0.4 is 11.5 Å². The summed E-state index contributed by atoms with van der Waals surface area (Å²) in [5, 5.41) is 5.48. The van der Waals surface area contributed by atoms with Crippen LogP contribution in [0.15, 0.2) is 75.5 Å². The molecule has 1 radical (unpaired) electrons. The minimum absolute atomic E-state index is 0.719. The van der Waals surface area contributed by atoms with E-state index in [2.05, 4.69) is 40.7 Å². The Bertz CT molecular complexity index is 1080. The van der Waals surface area contributed by atoms with Gasteiger partial charge in [-0.3, -0.25) is 0 Å². The number of nitrogens with zero attached hydrogens (tertiary/aromatic N) is 1. The summed E-state index contributed by atoms with van der Waals surface area (Å²) in [7, 11) is 4.34. The minimum atomic E-state index is 0.719. The molecule has 4 aromatic rings. The Hall–Kier alpha value is -1.73. The molecule has 0 unspecified atom stereocenters. The third-order valence-electron chi connectivity index (χ3n) is 3.89. The topological polar surface area (TPSA) is 64.4 Å². The second kappa shape index (κ2) is 10.7. The predicted molar refractivity (Wildman–Crippen MR) is 132 cm³/mol. The van der Waals surface area contributed by atoms with Crippen molar-refractivity contribution in [3.8, 4) is 0 Å². The summed E-state index contributed by atoms with van der Waals surface area (Å²) in [6.07, 6.45) is 0. The van der Waals surface area contributed by atoms with Crippen molar-refractivity contribution < 1.29 is 0 Å². The number of nitrogen functional groups attached to an aromatic ring is 2. The molecular formula is C20H16BBrCl2N3S. The van der Waals surface area contributed by atoms with Gasteiger partial charge in [0.25, 0.3) is 0 Å². The second-order valence-corrected chi connectivity index (χ2v) is 7.50. The van der Waals surface area contributed by atoms with E-state index in [0.29, 0.717) is 0 Å². The summed E-state index contributed by atoms with van der Waals surface area (Å²) in [6.45, 7) is 0. The van der Waals surface area contributed by atoms with Crippen molar-refractivity contribution in [2.45, 2.75) is 0 Å². The molecule has 4 rings (SSSR count). The molecule has 141 valence electrons. The quantitative estimate of drug-likeness (QED) is 0.139. The molecule has 0 fully saturated rings. The molecule has 0 amide bonds. The molecule has 0 atom stereocenters. The fourth-order valence-corrected chi connectivity index (χ4v) is 3.68. The molecule has 0 bridgehead atoms. The van der Waals surface area contributed by atoms with Gasteiger partial charge in [-0.15, -0.1) is 0 Å². The van der Waals surface area contributed by atoms with Crippen molar-refractivity contribution in [1.82, 2.24) is 0 Å². The van der Waals surface area contributed by atoms with Gasteiger partial charge in [-0.2, -0.15) is 0 Å². The van der Waals surface area contributed by atoms with Gasteiger partial charge in [-0.05, 0) is 34.1 Å². The zero-order valence-corrected chi connectivity index (χ0v) is 18.6. The molecule has 0 spiro atoms. The molecule has 0 saturated carbocycles. The van der Waals surface area contributed by atoms with Crippen LogP contribution in [0.5, 0.6) is 0 Å². The van der Waals surface area contributed by atoms with Gasteiger partial charge in [0.2, 0.25) is 0 Å². The third-order valence-corrected chi connectivity index (χ3v) is 5.19. The Balaban J connectivity index is 0.000000176. The van der Waals surface area contributed by atoms with Crippen LogP contribution in [-0.2, 0) is 0 Å². The summed E-state index contributed by atoms with van der Waals surface area (Å²) < 4.78 is 3.54. The van der Waals surface area contributed by atoms with Crippen LogP contribution >= 0.6 is 51.9 Å². The fourth-order valence-electron chi connectivity index (χ4n) is 2.61. The third kappa shape index (κ3) is 5.42. The monoisotopic (exact) mass is 490 g/mol. The summed E-state index contributed by atoms with van der Waals surface area (Å²) in [4.78, 5) is 0. The number of hydrogen-bond acceptors (Lipinski definition) is 4. The SMILES string of the molecule is Nc1c(Br)cc(Cl)c2ccccc12.Nc1ccc(Cl)c2ccccc12.[B]=NS. The molecule has 4 aromatic carbocycles. The maximum atomic E-state index is 6.05. The molecule has 0 aliphatic carbocycles. The summed E-state index contributed by atoms with van der Waals surface area (Å²) in [6, 6.07) is 21.1. The molecule has 0 aliphatic rings. The van der Waals surface area contributed by atoms with Crippen LogP contribution in [-0.4, -0.2) is 7.64 Å². The number of halogens is 3. The van der Waals surface area contributed by atoms with E-state index in [4.69, 9.17) is 34.7 Å².